The van der Waals surface area contributed by atoms with Crippen molar-refractivity contribution in [3.63, 3.8) is 0 Å². The number of ketones is 1. The van der Waals surface area contributed by atoms with Gasteiger partial charge in [-0.3, -0.25) is 9.59 Å². The molecule has 0 aliphatic heterocycles. The summed E-state index contributed by atoms with van der Waals surface area (Å²) in [5.74, 6) is -2.07. The molecular formula is C32H39NO13. The van der Waals surface area contributed by atoms with Crippen LogP contribution in [0.15, 0.2) is 60.7 Å². The van der Waals surface area contributed by atoms with E-state index in [1.807, 2.05) is 0 Å². The fourth-order valence-electron chi connectivity index (χ4n) is 3.49. The van der Waals surface area contributed by atoms with E-state index in [0.717, 1.165) is 6.92 Å². The van der Waals surface area contributed by atoms with Gasteiger partial charge in [0.05, 0.1) is 13.2 Å². The Labute approximate surface area is 266 Å². The molecule has 0 aliphatic carbocycles. The van der Waals surface area contributed by atoms with Crippen molar-refractivity contribution in [2.24, 2.45) is 0 Å². The Morgan fingerprint density at radius 3 is 1.78 bits per heavy atom. The first-order valence-corrected chi connectivity index (χ1v) is 14.3. The normalized spacial score (nSPS) is 11.7. The predicted octanol–water partition coefficient (Wildman–Crippen LogP) is 2.13. The zero-order valence-electron chi connectivity index (χ0n) is 25.7. The maximum Gasteiger partial charge on any atom is 0.407 e. The molecule has 2 aromatic carbocycles. The number of amides is 1. The van der Waals surface area contributed by atoms with E-state index < -0.39 is 42.0 Å². The van der Waals surface area contributed by atoms with Gasteiger partial charge in [-0.25, -0.2) is 14.4 Å². The van der Waals surface area contributed by atoms with Gasteiger partial charge in [-0.15, -0.1) is 0 Å². The second kappa shape index (κ2) is 20.2. The van der Waals surface area contributed by atoms with Gasteiger partial charge in [0, 0.05) is 30.0 Å². The van der Waals surface area contributed by atoms with Crippen LogP contribution >= 0.6 is 0 Å². The highest BCUT2D eigenvalue weighted by molar-refractivity contribution is 6.32. The number of esters is 3. The maximum absolute atomic E-state index is 11.9. The highest BCUT2D eigenvalue weighted by Crippen LogP contribution is 2.36. The van der Waals surface area contributed by atoms with Gasteiger partial charge >= 0.3 is 24.0 Å². The molecule has 2 atom stereocenters. The summed E-state index contributed by atoms with van der Waals surface area (Å²) in [6, 6.07) is 14.0. The number of aliphatic hydroxyl groups excluding tert-OH is 2. The van der Waals surface area contributed by atoms with Crippen LogP contribution in [0, 0.1) is 0 Å². The van der Waals surface area contributed by atoms with Crippen molar-refractivity contribution in [3.8, 4) is 22.6 Å². The molecule has 250 valence electrons. The molecule has 0 fully saturated rings. The van der Waals surface area contributed by atoms with Crippen LogP contribution in [-0.4, -0.2) is 98.4 Å². The van der Waals surface area contributed by atoms with Crippen molar-refractivity contribution in [2.75, 3.05) is 46.2 Å². The molecule has 0 aromatic heterocycles. The Kier molecular flexibility index (Phi) is 16.3. The number of aliphatic hydroxyl groups is 2. The van der Waals surface area contributed by atoms with E-state index in [1.54, 1.807) is 48.5 Å². The SMILES string of the molecule is C=C(C)C(=O)OCCNC(=O)OCC(O)COc1ccccc1-c1ccccc1OCC(O)COC(=O)CCCOC(=O)C(C)=O. The summed E-state index contributed by atoms with van der Waals surface area (Å²) >= 11 is 0. The number of benzene rings is 2. The van der Waals surface area contributed by atoms with Crippen molar-refractivity contribution in [3.05, 3.63) is 60.7 Å². The second-order valence-corrected chi connectivity index (χ2v) is 9.84. The van der Waals surface area contributed by atoms with E-state index in [9.17, 15) is 34.2 Å². The molecule has 0 radical (unpaired) electrons. The molecule has 0 bridgehead atoms. The lowest BCUT2D eigenvalue weighted by atomic mass is 10.0. The highest BCUT2D eigenvalue weighted by atomic mass is 16.6. The number of ether oxygens (including phenoxy) is 6. The second-order valence-electron chi connectivity index (χ2n) is 9.84. The maximum atomic E-state index is 11.9. The van der Waals surface area contributed by atoms with Gasteiger partial charge < -0.3 is 44.0 Å². The fraction of sp³-hybridized carbons (Fsp3) is 0.406. The smallest absolute Gasteiger partial charge is 0.407 e. The summed E-state index contributed by atoms with van der Waals surface area (Å²) in [6.07, 6.45) is -3.00. The van der Waals surface area contributed by atoms with Crippen LogP contribution in [0.3, 0.4) is 0 Å². The first kappa shape index (κ1) is 37.2. The number of alkyl carbamates (subject to hydrolysis) is 1. The van der Waals surface area contributed by atoms with E-state index in [1.165, 1.54) is 6.92 Å². The number of hydrogen-bond acceptors (Lipinski definition) is 13. The molecule has 0 aliphatic rings. The molecule has 14 nitrogen and oxygen atoms in total. The van der Waals surface area contributed by atoms with Crippen LogP contribution in [0.2, 0.25) is 0 Å². The molecule has 2 unspecified atom stereocenters. The number of para-hydroxylation sites is 2. The summed E-state index contributed by atoms with van der Waals surface area (Å²) in [4.78, 5) is 57.0. The third-order valence-electron chi connectivity index (χ3n) is 5.77. The van der Waals surface area contributed by atoms with Crippen LogP contribution in [0.25, 0.3) is 11.1 Å². The molecule has 0 saturated carbocycles. The number of Topliss-reactive ketones (excluding diaryl/α,β-unsaturated/α-hetero) is 1. The Balaban J connectivity index is 1.82. The van der Waals surface area contributed by atoms with Crippen molar-refractivity contribution in [1.29, 1.82) is 0 Å². The van der Waals surface area contributed by atoms with E-state index >= 15 is 0 Å². The minimum absolute atomic E-state index is 0.0192. The molecular weight excluding hydrogens is 606 g/mol. The number of nitrogens with one attached hydrogen (secondary N) is 1. The zero-order valence-corrected chi connectivity index (χ0v) is 25.7. The van der Waals surface area contributed by atoms with Gasteiger partial charge in [0.25, 0.3) is 0 Å². The molecule has 0 heterocycles. The standard InChI is InChI=1S/C32H39NO13/c1-21(2)30(38)42-16-14-33-32(40)46-20-24(36)18-44-28-12-7-5-10-26(28)25-9-4-6-11-27(25)43-17-23(35)19-45-29(37)13-8-15-41-31(39)22(3)34/h4-7,9-12,23-24,35-36H,1,8,13-20H2,2-3H3,(H,33,40). The quantitative estimate of drug-likeness (QED) is 0.0624. The lowest BCUT2D eigenvalue weighted by Crippen LogP contribution is -2.32. The van der Waals surface area contributed by atoms with Crippen molar-refractivity contribution >= 4 is 29.8 Å². The van der Waals surface area contributed by atoms with Crippen molar-refractivity contribution < 1.29 is 62.6 Å². The number of rotatable bonds is 20. The average molecular weight is 646 g/mol. The zero-order chi connectivity index (χ0) is 33.9. The molecule has 14 heteroatoms. The van der Waals surface area contributed by atoms with E-state index in [-0.39, 0.29) is 64.6 Å². The third kappa shape index (κ3) is 14.2. The average Bonchev–Trinajstić information content (AvgIpc) is 3.04. The molecule has 2 aromatic rings. The van der Waals surface area contributed by atoms with E-state index in [0.29, 0.717) is 22.6 Å². The highest BCUT2D eigenvalue weighted by Gasteiger charge is 2.16. The van der Waals surface area contributed by atoms with Crippen LogP contribution in [0.5, 0.6) is 11.5 Å². The molecule has 0 saturated heterocycles. The largest absolute Gasteiger partial charge is 0.490 e. The molecule has 0 spiro atoms. The predicted molar refractivity (Wildman–Crippen MR) is 162 cm³/mol. The Hall–Kier alpha value is -4.95. The monoisotopic (exact) mass is 645 g/mol. The van der Waals surface area contributed by atoms with Crippen LogP contribution in [-0.2, 0) is 38.1 Å². The first-order chi connectivity index (χ1) is 22.0. The van der Waals surface area contributed by atoms with Gasteiger partial charge in [-0.05, 0) is 25.5 Å². The number of carbonyl (C=O) groups excluding carboxylic acids is 5. The minimum atomic E-state index is -1.15. The number of carbonyl (C=O) groups is 5. The lowest BCUT2D eigenvalue weighted by molar-refractivity contribution is -0.154. The van der Waals surface area contributed by atoms with Crippen LogP contribution in [0.4, 0.5) is 4.79 Å². The number of hydrogen-bond donors (Lipinski definition) is 3. The summed E-state index contributed by atoms with van der Waals surface area (Å²) in [6.45, 7) is 4.81. The Morgan fingerprint density at radius 2 is 1.24 bits per heavy atom. The molecule has 46 heavy (non-hydrogen) atoms. The van der Waals surface area contributed by atoms with Gasteiger partial charge in [0.1, 0.15) is 56.7 Å². The summed E-state index contributed by atoms with van der Waals surface area (Å²) in [5, 5.41) is 23.0. The van der Waals surface area contributed by atoms with Gasteiger partial charge in [-0.2, -0.15) is 0 Å². The summed E-state index contributed by atoms with van der Waals surface area (Å²) in [5.41, 5.74) is 1.49. The summed E-state index contributed by atoms with van der Waals surface area (Å²) in [7, 11) is 0. The Bertz CT molecular complexity index is 1240. The summed E-state index contributed by atoms with van der Waals surface area (Å²) < 4.78 is 31.2. The minimum Gasteiger partial charge on any atom is -0.490 e. The third-order valence-corrected chi connectivity index (χ3v) is 5.77. The van der Waals surface area contributed by atoms with Gasteiger partial charge in [-0.1, -0.05) is 43.0 Å². The van der Waals surface area contributed by atoms with Crippen molar-refractivity contribution in [2.45, 2.75) is 38.9 Å². The molecule has 1 amide bonds. The fourth-order valence-corrected chi connectivity index (χ4v) is 3.49. The van der Waals surface area contributed by atoms with E-state index in [4.69, 9.17) is 23.7 Å². The Morgan fingerprint density at radius 1 is 0.717 bits per heavy atom. The van der Waals surface area contributed by atoms with Gasteiger partial charge in [0.2, 0.25) is 5.78 Å². The van der Waals surface area contributed by atoms with Crippen LogP contribution in [0.1, 0.15) is 26.7 Å². The topological polar surface area (TPSA) is 193 Å². The van der Waals surface area contributed by atoms with Crippen molar-refractivity contribution in [1.82, 2.24) is 5.32 Å². The molecule has 2 rings (SSSR count). The van der Waals surface area contributed by atoms with Crippen LogP contribution < -0.4 is 14.8 Å². The molecule has 3 N–H and O–H groups in total. The van der Waals surface area contributed by atoms with Gasteiger partial charge in [0.15, 0.2) is 0 Å². The lowest BCUT2D eigenvalue weighted by Gasteiger charge is -2.18. The first-order valence-electron chi connectivity index (χ1n) is 14.3. The van der Waals surface area contributed by atoms with E-state index in [2.05, 4.69) is 16.6 Å².